The second-order valence-electron chi connectivity index (χ2n) is 5.40. The molecule has 3 heteroatoms. The van der Waals surface area contributed by atoms with E-state index in [-0.39, 0.29) is 0 Å². The molecule has 0 radical (unpaired) electrons. The number of pyridine rings is 1. The molecule has 20 heavy (non-hydrogen) atoms. The van der Waals surface area contributed by atoms with Gasteiger partial charge in [0.25, 0.3) is 0 Å². The van der Waals surface area contributed by atoms with Crippen molar-refractivity contribution in [2.24, 2.45) is 0 Å². The maximum absolute atomic E-state index is 4.32. The number of benzene rings is 1. The van der Waals surface area contributed by atoms with Crippen LogP contribution in [-0.4, -0.2) is 9.97 Å². The van der Waals surface area contributed by atoms with Gasteiger partial charge in [0.2, 0.25) is 0 Å². The third kappa shape index (κ3) is 1.95. The second kappa shape index (κ2) is 4.67. The average molecular weight is 263 g/mol. The third-order valence-electron chi connectivity index (χ3n) is 4.12. The van der Waals surface area contributed by atoms with Crippen LogP contribution in [0.4, 0.5) is 5.69 Å². The lowest BCUT2D eigenvalue weighted by molar-refractivity contribution is 0.912. The van der Waals surface area contributed by atoms with Crippen LogP contribution in [0, 0.1) is 0 Å². The summed E-state index contributed by atoms with van der Waals surface area (Å²) < 4.78 is 0. The van der Waals surface area contributed by atoms with E-state index in [1.807, 2.05) is 18.5 Å². The molecule has 1 aliphatic carbocycles. The van der Waals surface area contributed by atoms with Crippen LogP contribution in [0.25, 0.3) is 11.0 Å². The van der Waals surface area contributed by atoms with Gasteiger partial charge in [-0.1, -0.05) is 6.07 Å². The first kappa shape index (κ1) is 11.5. The maximum Gasteiger partial charge on any atom is 0.137 e. The van der Waals surface area contributed by atoms with Crippen LogP contribution in [-0.2, 0) is 19.4 Å². The fourth-order valence-corrected chi connectivity index (χ4v) is 3.04. The van der Waals surface area contributed by atoms with Crippen molar-refractivity contribution in [1.29, 1.82) is 0 Å². The van der Waals surface area contributed by atoms with E-state index in [4.69, 9.17) is 0 Å². The van der Waals surface area contributed by atoms with Gasteiger partial charge in [-0.15, -0.1) is 0 Å². The minimum atomic E-state index is 0.824. The lowest BCUT2D eigenvalue weighted by Crippen LogP contribution is -1.99. The molecule has 2 heterocycles. The Balaban J connectivity index is 1.55. The molecule has 0 bridgehead atoms. The van der Waals surface area contributed by atoms with E-state index in [1.54, 1.807) is 0 Å². The summed E-state index contributed by atoms with van der Waals surface area (Å²) in [7, 11) is 0. The smallest absolute Gasteiger partial charge is 0.137 e. The minimum absolute atomic E-state index is 0.824. The predicted octanol–water partition coefficient (Wildman–Crippen LogP) is 3.66. The monoisotopic (exact) mass is 263 g/mol. The number of rotatable bonds is 3. The molecule has 0 saturated heterocycles. The number of nitrogens with one attached hydrogen (secondary N) is 2. The summed E-state index contributed by atoms with van der Waals surface area (Å²) in [5.74, 6) is 0. The van der Waals surface area contributed by atoms with Gasteiger partial charge in [0, 0.05) is 30.0 Å². The lowest BCUT2D eigenvalue weighted by atomic mass is 10.1. The zero-order valence-corrected chi connectivity index (χ0v) is 11.3. The highest BCUT2D eigenvalue weighted by Gasteiger charge is 2.11. The minimum Gasteiger partial charge on any atom is -0.381 e. The number of aryl methyl sites for hydroxylation is 2. The van der Waals surface area contributed by atoms with Crippen molar-refractivity contribution in [3.63, 3.8) is 0 Å². The first-order valence-electron chi connectivity index (χ1n) is 7.17. The van der Waals surface area contributed by atoms with E-state index in [0.717, 1.165) is 12.2 Å². The molecule has 0 spiro atoms. The first-order valence-corrected chi connectivity index (χ1v) is 7.17. The number of hydrogen-bond donors (Lipinski definition) is 2. The average Bonchev–Trinajstić information content (AvgIpc) is 3.11. The van der Waals surface area contributed by atoms with Crippen molar-refractivity contribution in [2.45, 2.75) is 25.8 Å². The molecular formula is C17H17N3. The van der Waals surface area contributed by atoms with E-state index < -0.39 is 0 Å². The molecule has 100 valence electrons. The van der Waals surface area contributed by atoms with Crippen LogP contribution >= 0.6 is 0 Å². The molecule has 0 saturated carbocycles. The van der Waals surface area contributed by atoms with Crippen LogP contribution in [0.5, 0.6) is 0 Å². The zero-order chi connectivity index (χ0) is 13.4. The number of anilines is 1. The SMILES string of the molecule is c1cnc2[nH]cc(CNc3ccc4c(c3)CCC4)c2c1. The van der Waals surface area contributed by atoms with Gasteiger partial charge in [0.1, 0.15) is 5.65 Å². The summed E-state index contributed by atoms with van der Waals surface area (Å²) in [5.41, 5.74) is 6.46. The van der Waals surface area contributed by atoms with Gasteiger partial charge in [-0.25, -0.2) is 4.98 Å². The van der Waals surface area contributed by atoms with Crippen molar-refractivity contribution >= 4 is 16.7 Å². The lowest BCUT2D eigenvalue weighted by Gasteiger charge is -2.08. The van der Waals surface area contributed by atoms with Crippen molar-refractivity contribution in [3.8, 4) is 0 Å². The number of aromatic amines is 1. The van der Waals surface area contributed by atoms with Gasteiger partial charge in [-0.3, -0.25) is 0 Å². The largest absolute Gasteiger partial charge is 0.381 e. The number of aromatic nitrogens is 2. The number of H-pyrrole nitrogens is 1. The topological polar surface area (TPSA) is 40.7 Å². The summed E-state index contributed by atoms with van der Waals surface area (Å²) in [6.45, 7) is 0.824. The molecule has 0 fully saturated rings. The van der Waals surface area contributed by atoms with Crippen LogP contribution in [0.1, 0.15) is 23.1 Å². The van der Waals surface area contributed by atoms with Crippen molar-refractivity contribution in [1.82, 2.24) is 9.97 Å². The van der Waals surface area contributed by atoms with E-state index in [2.05, 4.69) is 39.6 Å². The van der Waals surface area contributed by atoms with Crippen LogP contribution in [0.15, 0.2) is 42.7 Å². The molecule has 3 aromatic rings. The second-order valence-corrected chi connectivity index (χ2v) is 5.40. The Morgan fingerprint density at radius 1 is 1.15 bits per heavy atom. The summed E-state index contributed by atoms with van der Waals surface area (Å²) >= 11 is 0. The highest BCUT2D eigenvalue weighted by Crippen LogP contribution is 2.25. The van der Waals surface area contributed by atoms with Gasteiger partial charge < -0.3 is 10.3 Å². The predicted molar refractivity (Wildman–Crippen MR) is 81.9 cm³/mol. The Morgan fingerprint density at radius 2 is 2.10 bits per heavy atom. The van der Waals surface area contributed by atoms with Crippen LogP contribution < -0.4 is 5.32 Å². The summed E-state index contributed by atoms with van der Waals surface area (Å²) in [4.78, 5) is 7.54. The van der Waals surface area contributed by atoms with Crippen molar-refractivity contribution < 1.29 is 0 Å². The molecule has 2 N–H and O–H groups in total. The quantitative estimate of drug-likeness (QED) is 0.757. The normalized spacial score (nSPS) is 13.6. The zero-order valence-electron chi connectivity index (χ0n) is 11.3. The van der Waals surface area contributed by atoms with Gasteiger partial charge in [-0.05, 0) is 60.2 Å². The molecule has 0 amide bonds. The molecule has 1 aromatic carbocycles. The highest BCUT2D eigenvalue weighted by molar-refractivity contribution is 5.79. The van der Waals surface area contributed by atoms with Crippen molar-refractivity contribution in [2.75, 3.05) is 5.32 Å². The van der Waals surface area contributed by atoms with Crippen LogP contribution in [0.3, 0.4) is 0 Å². The van der Waals surface area contributed by atoms with Gasteiger partial charge in [0.05, 0.1) is 0 Å². The van der Waals surface area contributed by atoms with E-state index in [9.17, 15) is 0 Å². The van der Waals surface area contributed by atoms with E-state index in [1.165, 1.54) is 47.0 Å². The van der Waals surface area contributed by atoms with Crippen LogP contribution in [0.2, 0.25) is 0 Å². The Labute approximate surface area is 118 Å². The molecule has 0 atom stereocenters. The number of fused-ring (bicyclic) bond motifs is 2. The maximum atomic E-state index is 4.32. The number of nitrogens with zero attached hydrogens (tertiary/aromatic N) is 1. The Morgan fingerprint density at radius 3 is 3.10 bits per heavy atom. The van der Waals surface area contributed by atoms with E-state index in [0.29, 0.717) is 0 Å². The molecule has 0 unspecified atom stereocenters. The fraction of sp³-hybridized carbons (Fsp3) is 0.235. The molecule has 0 aliphatic heterocycles. The van der Waals surface area contributed by atoms with Crippen molar-refractivity contribution in [3.05, 3.63) is 59.4 Å². The Bertz CT molecular complexity index is 758. The highest BCUT2D eigenvalue weighted by atomic mass is 14.9. The van der Waals surface area contributed by atoms with Gasteiger partial charge >= 0.3 is 0 Å². The summed E-state index contributed by atoms with van der Waals surface area (Å²) in [6.07, 6.45) is 7.62. The third-order valence-corrected chi connectivity index (χ3v) is 4.12. The standard InChI is InChI=1S/C17H17N3/c1-3-12-6-7-15(9-13(12)4-1)19-10-14-11-20-17-16(14)5-2-8-18-17/h2,5-9,11,19H,1,3-4,10H2,(H,18,20). The Hall–Kier alpha value is -2.29. The molecule has 1 aliphatic rings. The van der Waals surface area contributed by atoms with Gasteiger partial charge in [0.15, 0.2) is 0 Å². The molecule has 3 nitrogen and oxygen atoms in total. The Kier molecular flexibility index (Phi) is 2.69. The fourth-order valence-electron chi connectivity index (χ4n) is 3.04. The number of hydrogen-bond acceptors (Lipinski definition) is 2. The van der Waals surface area contributed by atoms with E-state index >= 15 is 0 Å². The molecule has 2 aromatic heterocycles. The first-order chi connectivity index (χ1) is 9.90. The molecular weight excluding hydrogens is 246 g/mol. The van der Waals surface area contributed by atoms with Gasteiger partial charge in [-0.2, -0.15) is 0 Å². The molecule has 4 rings (SSSR count). The summed E-state index contributed by atoms with van der Waals surface area (Å²) in [6, 6.07) is 10.8. The summed E-state index contributed by atoms with van der Waals surface area (Å²) in [5, 5.41) is 4.72.